The Balaban J connectivity index is 1.16. The van der Waals surface area contributed by atoms with E-state index in [4.69, 9.17) is 9.97 Å². The van der Waals surface area contributed by atoms with E-state index in [1.165, 1.54) is 50.1 Å². The number of benzene rings is 7. The van der Waals surface area contributed by atoms with Crippen LogP contribution in [-0.4, -0.2) is 15.0 Å². The molecule has 2 aliphatic rings. The Morgan fingerprint density at radius 2 is 0.860 bits per heavy atom. The molecule has 0 saturated heterocycles. The standard InChI is InChI=1S/C53H32N4/c54-32-34-19-21-36(22-20-34)50-31-51(37-25-23-35(24-26-37)39-10-9-29-55-33-39)57-52(56-50)38-27-28-49-45(30-38)41-12-2-1-11-40(41)42-13-3-6-16-46(42)53(49)47-17-7-4-14-43(47)44-15-5-8-18-48(44)53/h1-31,33H. The molecule has 2 aromatic heterocycles. The van der Waals surface area contributed by atoms with Crippen molar-refractivity contribution in [3.8, 4) is 84.5 Å². The number of nitrogens with zero attached hydrogens (tertiary/aromatic N) is 4. The molecular weight excluding hydrogens is 693 g/mol. The minimum atomic E-state index is -0.553. The van der Waals surface area contributed by atoms with Gasteiger partial charge in [-0.3, -0.25) is 4.98 Å². The molecule has 0 saturated carbocycles. The van der Waals surface area contributed by atoms with Crippen molar-refractivity contribution in [2.75, 3.05) is 0 Å². The third-order valence-corrected chi connectivity index (χ3v) is 11.7. The topological polar surface area (TPSA) is 62.5 Å². The van der Waals surface area contributed by atoms with Gasteiger partial charge in [-0.2, -0.15) is 5.26 Å². The fraction of sp³-hybridized carbons (Fsp3) is 0.0189. The van der Waals surface area contributed by atoms with E-state index in [0.29, 0.717) is 11.4 Å². The van der Waals surface area contributed by atoms with Crippen LogP contribution in [0.4, 0.5) is 0 Å². The van der Waals surface area contributed by atoms with Gasteiger partial charge in [0.2, 0.25) is 0 Å². The van der Waals surface area contributed by atoms with Crippen LogP contribution < -0.4 is 0 Å². The van der Waals surface area contributed by atoms with Crippen molar-refractivity contribution < 1.29 is 0 Å². The van der Waals surface area contributed by atoms with Gasteiger partial charge in [-0.15, -0.1) is 0 Å². The molecule has 0 bridgehead atoms. The highest BCUT2D eigenvalue weighted by atomic mass is 14.9. The first-order valence-corrected chi connectivity index (χ1v) is 19.1. The maximum absolute atomic E-state index is 9.54. The monoisotopic (exact) mass is 724 g/mol. The van der Waals surface area contributed by atoms with Crippen LogP contribution in [0.3, 0.4) is 0 Å². The Hall–Kier alpha value is -7.74. The third-order valence-electron chi connectivity index (χ3n) is 11.7. The van der Waals surface area contributed by atoms with Crippen LogP contribution in [0.1, 0.15) is 27.8 Å². The summed E-state index contributed by atoms with van der Waals surface area (Å²) in [6, 6.07) is 66.7. The first-order valence-electron chi connectivity index (χ1n) is 19.1. The molecule has 7 aromatic carbocycles. The van der Waals surface area contributed by atoms with Crippen LogP contribution in [-0.2, 0) is 5.41 Å². The number of hydrogen-bond donors (Lipinski definition) is 0. The van der Waals surface area contributed by atoms with Crippen molar-refractivity contribution in [2.24, 2.45) is 0 Å². The summed E-state index contributed by atoms with van der Waals surface area (Å²) in [6.45, 7) is 0. The lowest BCUT2D eigenvalue weighted by molar-refractivity contribution is 0.775. The number of hydrogen-bond acceptors (Lipinski definition) is 4. The largest absolute Gasteiger partial charge is 0.264 e. The summed E-state index contributed by atoms with van der Waals surface area (Å²) < 4.78 is 0. The predicted octanol–water partition coefficient (Wildman–Crippen LogP) is 12.4. The molecule has 11 rings (SSSR count). The third kappa shape index (κ3) is 5.03. The predicted molar refractivity (Wildman–Crippen MR) is 228 cm³/mol. The van der Waals surface area contributed by atoms with Crippen LogP contribution >= 0.6 is 0 Å². The highest BCUT2D eigenvalue weighted by Crippen LogP contribution is 2.61. The first kappa shape index (κ1) is 32.7. The quantitative estimate of drug-likeness (QED) is 0.181. The van der Waals surface area contributed by atoms with Crippen molar-refractivity contribution in [1.82, 2.24) is 15.0 Å². The lowest BCUT2D eigenvalue weighted by atomic mass is 9.66. The van der Waals surface area contributed by atoms with Crippen molar-refractivity contribution in [2.45, 2.75) is 5.41 Å². The number of aromatic nitrogens is 3. The van der Waals surface area contributed by atoms with Crippen molar-refractivity contribution in [1.29, 1.82) is 5.26 Å². The highest BCUT2D eigenvalue weighted by molar-refractivity contribution is 5.98. The number of fused-ring (bicyclic) bond motifs is 12. The Bertz CT molecular complexity index is 3020. The van der Waals surface area contributed by atoms with Crippen molar-refractivity contribution in [3.05, 3.63) is 222 Å². The summed E-state index contributed by atoms with van der Waals surface area (Å²) >= 11 is 0. The van der Waals surface area contributed by atoms with E-state index in [1.54, 1.807) is 6.20 Å². The molecular formula is C53H32N4. The Labute approximate surface area is 331 Å². The molecule has 264 valence electrons. The van der Waals surface area contributed by atoms with E-state index in [1.807, 2.05) is 42.6 Å². The molecule has 4 heteroatoms. The van der Waals surface area contributed by atoms with E-state index < -0.39 is 5.41 Å². The summed E-state index contributed by atoms with van der Waals surface area (Å²) in [5.41, 5.74) is 19.0. The van der Waals surface area contributed by atoms with E-state index >= 15 is 0 Å². The molecule has 0 radical (unpaired) electrons. The molecule has 4 nitrogen and oxygen atoms in total. The minimum absolute atomic E-state index is 0.553. The van der Waals surface area contributed by atoms with E-state index in [9.17, 15) is 5.26 Å². The summed E-state index contributed by atoms with van der Waals surface area (Å²) in [5, 5.41) is 9.54. The second kappa shape index (κ2) is 12.9. The molecule has 57 heavy (non-hydrogen) atoms. The average Bonchev–Trinajstić information content (AvgIpc) is 3.54. The Morgan fingerprint density at radius 3 is 1.42 bits per heavy atom. The first-order chi connectivity index (χ1) is 28.2. The lowest BCUT2D eigenvalue weighted by Crippen LogP contribution is -2.29. The van der Waals surface area contributed by atoms with Gasteiger partial charge < -0.3 is 0 Å². The zero-order valence-electron chi connectivity index (χ0n) is 30.8. The maximum Gasteiger partial charge on any atom is 0.160 e. The van der Waals surface area contributed by atoms with E-state index in [-0.39, 0.29) is 0 Å². The molecule has 0 amide bonds. The van der Waals surface area contributed by atoms with Gasteiger partial charge in [0.1, 0.15) is 0 Å². The molecule has 2 heterocycles. The summed E-state index contributed by atoms with van der Waals surface area (Å²) in [4.78, 5) is 14.8. The van der Waals surface area contributed by atoms with Gasteiger partial charge in [0, 0.05) is 29.1 Å². The van der Waals surface area contributed by atoms with Gasteiger partial charge in [0.15, 0.2) is 5.82 Å². The van der Waals surface area contributed by atoms with E-state index in [0.717, 1.165) is 44.8 Å². The van der Waals surface area contributed by atoms with Gasteiger partial charge in [-0.25, -0.2) is 9.97 Å². The second-order valence-corrected chi connectivity index (χ2v) is 14.7. The average molecular weight is 725 g/mol. The zero-order chi connectivity index (χ0) is 37.9. The number of nitriles is 1. The van der Waals surface area contributed by atoms with Gasteiger partial charge in [-0.1, -0.05) is 152 Å². The molecule has 0 N–H and O–H groups in total. The zero-order valence-corrected chi connectivity index (χ0v) is 30.8. The Morgan fingerprint density at radius 1 is 0.386 bits per heavy atom. The van der Waals surface area contributed by atoms with Gasteiger partial charge in [0.25, 0.3) is 0 Å². The van der Waals surface area contributed by atoms with E-state index in [2.05, 4.69) is 157 Å². The molecule has 2 aliphatic carbocycles. The normalized spacial score (nSPS) is 12.7. The molecule has 1 spiro atoms. The van der Waals surface area contributed by atoms with Gasteiger partial charge in [-0.05, 0) is 97.1 Å². The SMILES string of the molecule is N#Cc1ccc(-c2cc(-c3ccc(-c4cccnc4)cc3)nc(-c3ccc4c(c3)-c3ccccc3-c3ccccc3C43c4ccccc4-c4ccccc43)n2)cc1. The van der Waals surface area contributed by atoms with Crippen LogP contribution in [0.15, 0.2) is 194 Å². The smallest absolute Gasteiger partial charge is 0.160 e. The second-order valence-electron chi connectivity index (χ2n) is 14.7. The lowest BCUT2D eigenvalue weighted by Gasteiger charge is -2.35. The van der Waals surface area contributed by atoms with Crippen LogP contribution in [0.5, 0.6) is 0 Å². The van der Waals surface area contributed by atoms with Crippen molar-refractivity contribution in [3.63, 3.8) is 0 Å². The maximum atomic E-state index is 9.54. The van der Waals surface area contributed by atoms with Crippen LogP contribution in [0, 0.1) is 11.3 Å². The van der Waals surface area contributed by atoms with Crippen LogP contribution in [0.2, 0.25) is 0 Å². The minimum Gasteiger partial charge on any atom is -0.264 e. The highest BCUT2D eigenvalue weighted by Gasteiger charge is 2.49. The number of rotatable bonds is 4. The van der Waals surface area contributed by atoms with Gasteiger partial charge in [0.05, 0.1) is 28.4 Å². The van der Waals surface area contributed by atoms with Crippen molar-refractivity contribution >= 4 is 0 Å². The molecule has 0 aliphatic heterocycles. The molecule has 9 aromatic rings. The van der Waals surface area contributed by atoms with Crippen LogP contribution in [0.25, 0.3) is 78.4 Å². The van der Waals surface area contributed by atoms with Gasteiger partial charge >= 0.3 is 0 Å². The fourth-order valence-electron chi connectivity index (χ4n) is 9.15. The fourth-order valence-corrected chi connectivity index (χ4v) is 9.15. The molecule has 0 unspecified atom stereocenters. The summed E-state index contributed by atoms with van der Waals surface area (Å²) in [6.07, 6.45) is 3.67. The number of pyridine rings is 1. The Kier molecular flexibility index (Phi) is 7.42. The summed E-state index contributed by atoms with van der Waals surface area (Å²) in [7, 11) is 0. The molecule has 0 fully saturated rings. The summed E-state index contributed by atoms with van der Waals surface area (Å²) in [5.74, 6) is 0.631. The molecule has 0 atom stereocenters.